The Kier molecular flexibility index (Phi) is 2.18. The lowest BCUT2D eigenvalue weighted by Crippen LogP contribution is -2.22. The Morgan fingerprint density at radius 2 is 1.93 bits per heavy atom. The summed E-state index contributed by atoms with van der Waals surface area (Å²) in [5.74, 6) is 0.00174. The number of rotatable bonds is 1. The van der Waals surface area contributed by atoms with Crippen molar-refractivity contribution in [1.82, 2.24) is 0 Å². The highest BCUT2D eigenvalue weighted by molar-refractivity contribution is 6.04. The van der Waals surface area contributed by atoms with Crippen molar-refractivity contribution in [3.8, 4) is 0 Å². The van der Waals surface area contributed by atoms with E-state index in [1.807, 2.05) is 18.2 Å². The van der Waals surface area contributed by atoms with Crippen molar-refractivity contribution < 1.29 is 0 Å². The molecule has 72 valence electrons. The van der Waals surface area contributed by atoms with Gasteiger partial charge in [0.05, 0.1) is 5.71 Å². The molecule has 0 saturated carbocycles. The first kappa shape index (κ1) is 8.74. The van der Waals surface area contributed by atoms with E-state index >= 15 is 0 Å². The van der Waals surface area contributed by atoms with Crippen LogP contribution in [0.15, 0.2) is 34.5 Å². The van der Waals surface area contributed by atoms with Crippen LogP contribution in [0.2, 0.25) is 0 Å². The molecule has 4 nitrogen and oxygen atoms in total. The first-order chi connectivity index (χ1) is 6.77. The third kappa shape index (κ3) is 1.59. The lowest BCUT2D eigenvalue weighted by Gasteiger charge is -1.96. The van der Waals surface area contributed by atoms with Crippen LogP contribution in [-0.2, 0) is 6.42 Å². The first-order valence-corrected chi connectivity index (χ1v) is 4.51. The lowest BCUT2D eigenvalue weighted by atomic mass is 10.1. The summed E-state index contributed by atoms with van der Waals surface area (Å²) in [7, 11) is 0. The molecular formula is C10H12N4. The van der Waals surface area contributed by atoms with Gasteiger partial charge in [-0.2, -0.15) is 5.10 Å². The Hall–Kier alpha value is -1.84. The number of fused-ring (bicyclic) bond motifs is 1. The molecule has 1 aliphatic rings. The number of nitrogens with two attached hydrogens (primary N) is 2. The van der Waals surface area contributed by atoms with Crippen LogP contribution in [-0.4, -0.2) is 11.7 Å². The molecule has 0 amide bonds. The van der Waals surface area contributed by atoms with E-state index in [1.165, 1.54) is 5.56 Å². The summed E-state index contributed by atoms with van der Waals surface area (Å²) in [5, 5.41) is 7.68. The molecule has 4 heteroatoms. The summed E-state index contributed by atoms with van der Waals surface area (Å²) >= 11 is 0. The van der Waals surface area contributed by atoms with Gasteiger partial charge in [-0.15, -0.1) is 5.10 Å². The minimum Gasteiger partial charge on any atom is -0.369 e. The van der Waals surface area contributed by atoms with Crippen molar-refractivity contribution in [2.45, 2.75) is 12.8 Å². The third-order valence-corrected chi connectivity index (χ3v) is 2.25. The molecule has 1 aliphatic carbocycles. The molecule has 0 heterocycles. The Bertz CT molecular complexity index is 402. The monoisotopic (exact) mass is 188 g/mol. The molecule has 0 saturated heterocycles. The van der Waals surface area contributed by atoms with Crippen molar-refractivity contribution in [3.63, 3.8) is 0 Å². The summed E-state index contributed by atoms with van der Waals surface area (Å²) in [6.45, 7) is 0. The second-order valence-corrected chi connectivity index (χ2v) is 3.23. The smallest absolute Gasteiger partial charge is 0.211 e. The highest BCUT2D eigenvalue weighted by Gasteiger charge is 2.16. The number of hydrogen-bond acceptors (Lipinski definition) is 2. The van der Waals surface area contributed by atoms with E-state index < -0.39 is 0 Å². The van der Waals surface area contributed by atoms with E-state index in [4.69, 9.17) is 11.5 Å². The summed E-state index contributed by atoms with van der Waals surface area (Å²) in [5.41, 5.74) is 13.9. The molecule has 0 fully saturated rings. The highest BCUT2D eigenvalue weighted by atomic mass is 15.3. The third-order valence-electron chi connectivity index (χ3n) is 2.25. The van der Waals surface area contributed by atoms with E-state index in [0.717, 1.165) is 24.1 Å². The van der Waals surface area contributed by atoms with Crippen LogP contribution in [0.3, 0.4) is 0 Å². The van der Waals surface area contributed by atoms with Crippen LogP contribution in [0.1, 0.15) is 17.5 Å². The van der Waals surface area contributed by atoms with Crippen LogP contribution < -0.4 is 11.5 Å². The minimum absolute atomic E-state index is 0.00174. The van der Waals surface area contributed by atoms with Gasteiger partial charge in [-0.05, 0) is 18.4 Å². The summed E-state index contributed by atoms with van der Waals surface area (Å²) in [4.78, 5) is 0. The van der Waals surface area contributed by atoms with Gasteiger partial charge in [0.2, 0.25) is 5.96 Å². The Morgan fingerprint density at radius 1 is 1.14 bits per heavy atom. The van der Waals surface area contributed by atoms with Gasteiger partial charge in [0.25, 0.3) is 0 Å². The molecule has 0 atom stereocenters. The molecule has 1 aromatic carbocycles. The van der Waals surface area contributed by atoms with E-state index in [-0.39, 0.29) is 5.96 Å². The SMILES string of the molecule is NC(N)=N/N=C1/CCc2ccccc21. The fourth-order valence-electron chi connectivity index (χ4n) is 1.63. The maximum Gasteiger partial charge on any atom is 0.211 e. The number of hydrogen-bond donors (Lipinski definition) is 2. The van der Waals surface area contributed by atoms with Crippen molar-refractivity contribution in [1.29, 1.82) is 0 Å². The topological polar surface area (TPSA) is 76.8 Å². The zero-order valence-electron chi connectivity index (χ0n) is 7.77. The second-order valence-electron chi connectivity index (χ2n) is 3.23. The predicted molar refractivity (Wildman–Crippen MR) is 57.1 cm³/mol. The number of nitrogens with zero attached hydrogens (tertiary/aromatic N) is 2. The first-order valence-electron chi connectivity index (χ1n) is 4.51. The molecule has 0 spiro atoms. The van der Waals surface area contributed by atoms with Crippen LogP contribution >= 0.6 is 0 Å². The normalized spacial score (nSPS) is 16.7. The van der Waals surface area contributed by atoms with Crippen molar-refractivity contribution in [3.05, 3.63) is 35.4 Å². The van der Waals surface area contributed by atoms with Crippen LogP contribution in [0.5, 0.6) is 0 Å². The average Bonchev–Trinajstić information content (AvgIpc) is 2.58. The molecular weight excluding hydrogens is 176 g/mol. The molecule has 0 unspecified atom stereocenters. The zero-order valence-corrected chi connectivity index (χ0v) is 7.77. The average molecular weight is 188 g/mol. The largest absolute Gasteiger partial charge is 0.369 e. The number of aryl methyl sites for hydroxylation is 1. The molecule has 1 aromatic rings. The summed E-state index contributed by atoms with van der Waals surface area (Å²) in [6.07, 6.45) is 1.94. The van der Waals surface area contributed by atoms with Gasteiger partial charge in [-0.25, -0.2) is 0 Å². The Balaban J connectivity index is 2.35. The van der Waals surface area contributed by atoms with E-state index in [2.05, 4.69) is 16.3 Å². The molecule has 2 rings (SSSR count). The maximum absolute atomic E-state index is 5.21. The molecule has 4 N–H and O–H groups in total. The summed E-state index contributed by atoms with van der Waals surface area (Å²) < 4.78 is 0. The maximum atomic E-state index is 5.21. The number of guanidine groups is 1. The highest BCUT2D eigenvalue weighted by Crippen LogP contribution is 2.21. The predicted octanol–water partition coefficient (Wildman–Crippen LogP) is 0.610. The fourth-order valence-corrected chi connectivity index (χ4v) is 1.63. The van der Waals surface area contributed by atoms with Crippen molar-refractivity contribution in [2.75, 3.05) is 0 Å². The number of benzene rings is 1. The quantitative estimate of drug-likeness (QED) is 0.385. The van der Waals surface area contributed by atoms with Crippen LogP contribution in [0.4, 0.5) is 0 Å². The van der Waals surface area contributed by atoms with Crippen LogP contribution in [0.25, 0.3) is 0 Å². The van der Waals surface area contributed by atoms with E-state index in [9.17, 15) is 0 Å². The Morgan fingerprint density at radius 3 is 2.71 bits per heavy atom. The van der Waals surface area contributed by atoms with Gasteiger partial charge >= 0.3 is 0 Å². The van der Waals surface area contributed by atoms with Crippen molar-refractivity contribution in [2.24, 2.45) is 21.7 Å². The lowest BCUT2D eigenvalue weighted by molar-refractivity contribution is 1.08. The fraction of sp³-hybridized carbons (Fsp3) is 0.200. The molecule has 0 radical (unpaired) electrons. The van der Waals surface area contributed by atoms with Gasteiger partial charge in [-0.3, -0.25) is 0 Å². The van der Waals surface area contributed by atoms with E-state index in [1.54, 1.807) is 0 Å². The van der Waals surface area contributed by atoms with Gasteiger partial charge in [0.15, 0.2) is 0 Å². The molecule has 0 aliphatic heterocycles. The zero-order chi connectivity index (χ0) is 9.97. The van der Waals surface area contributed by atoms with Gasteiger partial charge < -0.3 is 11.5 Å². The van der Waals surface area contributed by atoms with Gasteiger partial charge in [0.1, 0.15) is 0 Å². The second kappa shape index (κ2) is 3.49. The summed E-state index contributed by atoms with van der Waals surface area (Å²) in [6, 6.07) is 8.17. The Labute approximate surface area is 82.3 Å². The standard InChI is InChI=1S/C10H12N4/c11-10(12)14-13-9-6-5-7-3-1-2-4-8(7)9/h1-4H,5-6H2,(H4,11,12,14)/b13-9-. The molecule has 0 bridgehead atoms. The molecule has 14 heavy (non-hydrogen) atoms. The van der Waals surface area contributed by atoms with Gasteiger partial charge in [-0.1, -0.05) is 24.3 Å². The van der Waals surface area contributed by atoms with E-state index in [0.29, 0.717) is 0 Å². The van der Waals surface area contributed by atoms with Crippen molar-refractivity contribution >= 4 is 11.7 Å². The molecule has 0 aromatic heterocycles. The van der Waals surface area contributed by atoms with Gasteiger partial charge in [0, 0.05) is 5.56 Å². The van der Waals surface area contributed by atoms with Crippen LogP contribution in [0, 0.1) is 0 Å². The minimum atomic E-state index is 0.00174.